The van der Waals surface area contributed by atoms with Crippen molar-refractivity contribution in [3.05, 3.63) is 0 Å². The molecule has 9 heavy (non-hydrogen) atoms. The third-order valence-corrected chi connectivity index (χ3v) is 2.00. The first-order valence-corrected chi connectivity index (χ1v) is 3.63. The van der Waals surface area contributed by atoms with E-state index in [1.807, 2.05) is 0 Å². The lowest BCUT2D eigenvalue weighted by Gasteiger charge is -2.31. The molecule has 0 bridgehead atoms. The maximum atomic E-state index is 4.97. The second-order valence-electron chi connectivity index (χ2n) is 3.01. The van der Waals surface area contributed by atoms with Gasteiger partial charge in [0.1, 0.15) is 0 Å². The molecule has 1 saturated heterocycles. The van der Waals surface area contributed by atoms with Crippen LogP contribution in [0.4, 0.5) is 0 Å². The number of quaternary nitrogens is 1. The summed E-state index contributed by atoms with van der Waals surface area (Å²) in [4.78, 5) is 1.66. The maximum absolute atomic E-state index is 4.97. The molecule has 1 N–H and O–H groups in total. The molecule has 0 aliphatic carbocycles. The van der Waals surface area contributed by atoms with Crippen LogP contribution in [0.15, 0.2) is 0 Å². The van der Waals surface area contributed by atoms with Crippen molar-refractivity contribution in [1.82, 2.24) is 0 Å². The zero-order valence-corrected chi connectivity index (χ0v) is 6.31. The molecule has 0 spiro atoms. The van der Waals surface area contributed by atoms with Crippen LogP contribution in [-0.4, -0.2) is 33.9 Å². The van der Waals surface area contributed by atoms with Gasteiger partial charge in [-0.1, -0.05) is 0 Å². The monoisotopic (exact) mass is 130 g/mol. The molecule has 0 aromatic rings. The molecule has 0 aromatic carbocycles. The molecule has 0 aromatic heterocycles. The second-order valence-corrected chi connectivity index (χ2v) is 3.01. The number of hydrogen-bond acceptors (Lipinski definition) is 1. The van der Waals surface area contributed by atoms with Gasteiger partial charge in [0.05, 0.1) is 26.1 Å². The predicted molar refractivity (Wildman–Crippen MR) is 36.6 cm³/mol. The number of nitrogens with one attached hydrogen (secondary N) is 1. The Morgan fingerprint density at radius 3 is 2.67 bits per heavy atom. The zero-order chi connectivity index (χ0) is 6.69. The SMILES string of the molecule is COCCC1C[NH+](C)C1. The first kappa shape index (κ1) is 7.03. The first-order valence-electron chi connectivity index (χ1n) is 3.63. The highest BCUT2D eigenvalue weighted by atomic mass is 16.5. The molecule has 0 radical (unpaired) electrons. The lowest BCUT2D eigenvalue weighted by atomic mass is 9.98. The average molecular weight is 130 g/mol. The minimum absolute atomic E-state index is 0.942. The highest BCUT2D eigenvalue weighted by molar-refractivity contribution is 4.61. The molecule has 0 unspecified atom stereocenters. The van der Waals surface area contributed by atoms with Crippen LogP contribution >= 0.6 is 0 Å². The van der Waals surface area contributed by atoms with Crippen LogP contribution in [0.2, 0.25) is 0 Å². The third kappa shape index (κ3) is 1.95. The van der Waals surface area contributed by atoms with E-state index in [9.17, 15) is 0 Å². The minimum atomic E-state index is 0.942. The lowest BCUT2D eigenvalue weighted by molar-refractivity contribution is -0.931. The van der Waals surface area contributed by atoms with Gasteiger partial charge in [0, 0.05) is 13.7 Å². The molecule has 1 aliphatic rings. The fourth-order valence-electron chi connectivity index (χ4n) is 1.41. The van der Waals surface area contributed by atoms with Crippen LogP contribution in [0.1, 0.15) is 6.42 Å². The van der Waals surface area contributed by atoms with Gasteiger partial charge in [-0.25, -0.2) is 0 Å². The Kier molecular flexibility index (Phi) is 2.49. The molecule has 0 amide bonds. The summed E-state index contributed by atoms with van der Waals surface area (Å²) in [5.74, 6) is 0.949. The van der Waals surface area contributed by atoms with Crippen molar-refractivity contribution in [1.29, 1.82) is 0 Å². The van der Waals surface area contributed by atoms with Gasteiger partial charge in [-0.2, -0.15) is 0 Å². The molecule has 54 valence electrons. The van der Waals surface area contributed by atoms with Gasteiger partial charge in [-0.05, 0) is 6.42 Å². The standard InChI is InChI=1S/C7H15NO/c1-8-5-7(6-8)3-4-9-2/h7H,3-6H2,1-2H3/p+1. The van der Waals surface area contributed by atoms with Gasteiger partial charge in [0.15, 0.2) is 0 Å². The number of likely N-dealkylation sites (tertiary alicyclic amines) is 1. The van der Waals surface area contributed by atoms with Gasteiger partial charge >= 0.3 is 0 Å². The minimum Gasteiger partial charge on any atom is -0.385 e. The van der Waals surface area contributed by atoms with Crippen molar-refractivity contribution in [2.45, 2.75) is 6.42 Å². The third-order valence-electron chi connectivity index (χ3n) is 2.00. The molecular formula is C7H16NO+. The summed E-state index contributed by atoms with van der Waals surface area (Å²) in [6, 6.07) is 0. The van der Waals surface area contributed by atoms with E-state index in [1.54, 1.807) is 12.0 Å². The number of methoxy groups -OCH3 is 1. The Labute approximate surface area is 56.8 Å². The van der Waals surface area contributed by atoms with Crippen LogP contribution < -0.4 is 4.90 Å². The van der Waals surface area contributed by atoms with Crippen molar-refractivity contribution in [2.24, 2.45) is 5.92 Å². The molecule has 0 atom stereocenters. The van der Waals surface area contributed by atoms with Gasteiger partial charge in [-0.15, -0.1) is 0 Å². The lowest BCUT2D eigenvalue weighted by Crippen LogP contribution is -3.17. The summed E-state index contributed by atoms with van der Waals surface area (Å²) in [6.45, 7) is 3.64. The van der Waals surface area contributed by atoms with Crippen molar-refractivity contribution in [2.75, 3.05) is 33.9 Å². The zero-order valence-electron chi connectivity index (χ0n) is 6.31. The first-order chi connectivity index (χ1) is 4.33. The molecule has 1 fully saturated rings. The van der Waals surface area contributed by atoms with Gasteiger partial charge < -0.3 is 9.64 Å². The molecule has 0 saturated carbocycles. The molecule has 1 rings (SSSR count). The largest absolute Gasteiger partial charge is 0.385 e. The van der Waals surface area contributed by atoms with E-state index in [-0.39, 0.29) is 0 Å². The van der Waals surface area contributed by atoms with Crippen molar-refractivity contribution in [3.8, 4) is 0 Å². The Morgan fingerprint density at radius 2 is 2.22 bits per heavy atom. The van der Waals surface area contributed by atoms with Crippen LogP contribution in [0.3, 0.4) is 0 Å². The fourth-order valence-corrected chi connectivity index (χ4v) is 1.41. The molecule has 1 aliphatic heterocycles. The van der Waals surface area contributed by atoms with Crippen LogP contribution in [-0.2, 0) is 4.74 Å². The van der Waals surface area contributed by atoms with E-state index >= 15 is 0 Å². The smallest absolute Gasteiger partial charge is 0.0853 e. The van der Waals surface area contributed by atoms with E-state index in [2.05, 4.69) is 7.05 Å². The Bertz CT molecular complexity index is 79.0. The van der Waals surface area contributed by atoms with Crippen LogP contribution in [0.5, 0.6) is 0 Å². The van der Waals surface area contributed by atoms with E-state index in [4.69, 9.17) is 4.74 Å². The van der Waals surface area contributed by atoms with Gasteiger partial charge in [0.2, 0.25) is 0 Å². The van der Waals surface area contributed by atoms with Gasteiger partial charge in [-0.3, -0.25) is 0 Å². The van der Waals surface area contributed by atoms with E-state index in [0.717, 1.165) is 12.5 Å². The summed E-state index contributed by atoms with van der Waals surface area (Å²) in [7, 11) is 4.01. The highest BCUT2D eigenvalue weighted by Crippen LogP contribution is 2.02. The Hall–Kier alpha value is -0.0800. The highest BCUT2D eigenvalue weighted by Gasteiger charge is 2.26. The summed E-state index contributed by atoms with van der Waals surface area (Å²) >= 11 is 0. The molecule has 1 heterocycles. The second kappa shape index (κ2) is 3.18. The Balaban J connectivity index is 1.91. The maximum Gasteiger partial charge on any atom is 0.0853 e. The summed E-state index contributed by atoms with van der Waals surface area (Å²) in [5.41, 5.74) is 0. The van der Waals surface area contributed by atoms with Crippen molar-refractivity contribution < 1.29 is 9.64 Å². The number of hydrogen-bond donors (Lipinski definition) is 1. The normalized spacial score (nSPS) is 34.0. The summed E-state index contributed by atoms with van der Waals surface area (Å²) in [5, 5.41) is 0. The number of rotatable bonds is 3. The molecule has 2 heteroatoms. The van der Waals surface area contributed by atoms with Crippen LogP contribution in [0, 0.1) is 5.92 Å². The summed E-state index contributed by atoms with van der Waals surface area (Å²) in [6.07, 6.45) is 1.26. The molecule has 2 nitrogen and oxygen atoms in total. The van der Waals surface area contributed by atoms with E-state index < -0.39 is 0 Å². The fraction of sp³-hybridized carbons (Fsp3) is 1.00. The average Bonchev–Trinajstić information content (AvgIpc) is 1.78. The quantitative estimate of drug-likeness (QED) is 0.526. The predicted octanol–water partition coefficient (Wildman–Crippen LogP) is -0.833. The van der Waals surface area contributed by atoms with Crippen LogP contribution in [0.25, 0.3) is 0 Å². The number of ether oxygens (including phenoxy) is 1. The Morgan fingerprint density at radius 1 is 1.56 bits per heavy atom. The topological polar surface area (TPSA) is 13.7 Å². The summed E-state index contributed by atoms with van der Waals surface area (Å²) < 4.78 is 4.97. The van der Waals surface area contributed by atoms with Crippen molar-refractivity contribution >= 4 is 0 Å². The van der Waals surface area contributed by atoms with Crippen molar-refractivity contribution in [3.63, 3.8) is 0 Å². The van der Waals surface area contributed by atoms with E-state index in [0.29, 0.717) is 0 Å². The van der Waals surface area contributed by atoms with Gasteiger partial charge in [0.25, 0.3) is 0 Å². The molecular weight excluding hydrogens is 114 g/mol. The van der Waals surface area contributed by atoms with E-state index in [1.165, 1.54) is 19.5 Å².